The van der Waals surface area contributed by atoms with Crippen LogP contribution in [0.2, 0.25) is 0 Å². The Hall–Kier alpha value is -1.10. The molecular formula is C13H17BrN2O2. The SMILES string of the molecule is CC(CC1CCC1)Nc1ccc(Br)cc1[N+](=O)[O-]. The van der Waals surface area contributed by atoms with Crippen molar-refractivity contribution in [1.82, 2.24) is 0 Å². The minimum Gasteiger partial charge on any atom is -0.377 e. The van der Waals surface area contributed by atoms with E-state index in [1.807, 2.05) is 6.07 Å². The Labute approximate surface area is 115 Å². The molecule has 1 aliphatic carbocycles. The lowest BCUT2D eigenvalue weighted by atomic mass is 9.81. The van der Waals surface area contributed by atoms with E-state index in [1.165, 1.54) is 19.3 Å². The third-order valence-electron chi connectivity index (χ3n) is 3.47. The number of halogens is 1. The first-order valence-electron chi connectivity index (χ1n) is 6.26. The van der Waals surface area contributed by atoms with Crippen molar-refractivity contribution >= 4 is 27.3 Å². The van der Waals surface area contributed by atoms with Gasteiger partial charge in [-0.3, -0.25) is 10.1 Å². The highest BCUT2D eigenvalue weighted by Gasteiger charge is 2.21. The molecule has 0 heterocycles. The summed E-state index contributed by atoms with van der Waals surface area (Å²) in [6.45, 7) is 2.09. The number of nitro benzene ring substituents is 1. The Kier molecular flexibility index (Phi) is 4.22. The molecule has 0 aromatic heterocycles. The van der Waals surface area contributed by atoms with Gasteiger partial charge in [0.2, 0.25) is 0 Å². The maximum Gasteiger partial charge on any atom is 0.293 e. The summed E-state index contributed by atoms with van der Waals surface area (Å²) in [6, 6.07) is 5.40. The maximum atomic E-state index is 11.0. The van der Waals surface area contributed by atoms with Gasteiger partial charge in [-0.25, -0.2) is 0 Å². The van der Waals surface area contributed by atoms with Crippen molar-refractivity contribution in [3.05, 3.63) is 32.8 Å². The predicted molar refractivity (Wildman–Crippen MR) is 75.8 cm³/mol. The normalized spacial score (nSPS) is 17.0. The molecule has 4 nitrogen and oxygen atoms in total. The van der Waals surface area contributed by atoms with Crippen molar-refractivity contribution in [2.45, 2.75) is 38.6 Å². The second-order valence-corrected chi connectivity index (χ2v) is 5.91. The molecule has 2 rings (SSSR count). The van der Waals surface area contributed by atoms with Crippen LogP contribution in [0.25, 0.3) is 0 Å². The van der Waals surface area contributed by atoms with Crippen LogP contribution in [-0.2, 0) is 0 Å². The van der Waals surface area contributed by atoms with Crippen molar-refractivity contribution in [1.29, 1.82) is 0 Å². The van der Waals surface area contributed by atoms with E-state index >= 15 is 0 Å². The maximum absolute atomic E-state index is 11.0. The molecule has 0 bridgehead atoms. The van der Waals surface area contributed by atoms with Crippen LogP contribution in [0.15, 0.2) is 22.7 Å². The monoisotopic (exact) mass is 312 g/mol. The van der Waals surface area contributed by atoms with E-state index in [0.717, 1.165) is 16.8 Å². The Morgan fingerprint density at radius 2 is 2.28 bits per heavy atom. The Bertz CT molecular complexity index is 447. The largest absolute Gasteiger partial charge is 0.377 e. The zero-order chi connectivity index (χ0) is 13.1. The van der Waals surface area contributed by atoms with Gasteiger partial charge in [0.1, 0.15) is 5.69 Å². The number of nitro groups is 1. The standard InChI is InChI=1S/C13H17BrN2O2/c1-9(7-10-3-2-4-10)15-12-6-5-11(14)8-13(12)16(17)18/h5-6,8-10,15H,2-4,7H2,1H3. The van der Waals surface area contributed by atoms with Gasteiger partial charge in [-0.05, 0) is 31.4 Å². The molecule has 1 aliphatic rings. The smallest absolute Gasteiger partial charge is 0.293 e. The summed E-state index contributed by atoms with van der Waals surface area (Å²) in [5, 5.41) is 14.2. The second-order valence-electron chi connectivity index (χ2n) is 5.00. The van der Waals surface area contributed by atoms with Crippen LogP contribution in [0.3, 0.4) is 0 Å². The van der Waals surface area contributed by atoms with E-state index in [2.05, 4.69) is 28.2 Å². The molecule has 18 heavy (non-hydrogen) atoms. The van der Waals surface area contributed by atoms with E-state index < -0.39 is 0 Å². The average Bonchev–Trinajstić information content (AvgIpc) is 2.26. The average molecular weight is 313 g/mol. The highest BCUT2D eigenvalue weighted by Crippen LogP contribution is 2.33. The lowest BCUT2D eigenvalue weighted by Gasteiger charge is -2.28. The number of nitrogens with zero attached hydrogens (tertiary/aromatic N) is 1. The van der Waals surface area contributed by atoms with Gasteiger partial charge in [0.15, 0.2) is 0 Å². The van der Waals surface area contributed by atoms with Gasteiger partial charge in [-0.15, -0.1) is 0 Å². The molecule has 1 unspecified atom stereocenters. The zero-order valence-electron chi connectivity index (χ0n) is 10.4. The first kappa shape index (κ1) is 13.3. The highest BCUT2D eigenvalue weighted by molar-refractivity contribution is 9.10. The van der Waals surface area contributed by atoms with Crippen LogP contribution >= 0.6 is 15.9 Å². The fourth-order valence-electron chi connectivity index (χ4n) is 2.33. The summed E-state index contributed by atoms with van der Waals surface area (Å²) in [5.74, 6) is 0.794. The van der Waals surface area contributed by atoms with Gasteiger partial charge in [0.25, 0.3) is 5.69 Å². The topological polar surface area (TPSA) is 55.2 Å². The van der Waals surface area contributed by atoms with E-state index in [1.54, 1.807) is 12.1 Å². The number of anilines is 1. The quantitative estimate of drug-likeness (QED) is 0.649. The number of hydrogen-bond acceptors (Lipinski definition) is 3. The molecule has 0 saturated heterocycles. The van der Waals surface area contributed by atoms with Gasteiger partial charge in [-0.2, -0.15) is 0 Å². The molecule has 1 aromatic rings. The molecule has 0 amide bonds. The van der Waals surface area contributed by atoms with Crippen LogP contribution in [0.4, 0.5) is 11.4 Å². The number of nitrogens with one attached hydrogen (secondary N) is 1. The summed E-state index contributed by atoms with van der Waals surface area (Å²) in [7, 11) is 0. The first-order valence-corrected chi connectivity index (χ1v) is 7.06. The van der Waals surface area contributed by atoms with Crippen molar-refractivity contribution in [3.8, 4) is 0 Å². The van der Waals surface area contributed by atoms with E-state index in [9.17, 15) is 10.1 Å². The van der Waals surface area contributed by atoms with Gasteiger partial charge in [0.05, 0.1) is 4.92 Å². The summed E-state index contributed by atoms with van der Waals surface area (Å²) >= 11 is 3.26. The fourth-order valence-corrected chi connectivity index (χ4v) is 2.68. The lowest BCUT2D eigenvalue weighted by molar-refractivity contribution is -0.384. The van der Waals surface area contributed by atoms with E-state index in [4.69, 9.17) is 0 Å². The molecule has 1 saturated carbocycles. The van der Waals surface area contributed by atoms with Crippen molar-refractivity contribution < 1.29 is 4.92 Å². The van der Waals surface area contributed by atoms with Gasteiger partial charge in [-0.1, -0.05) is 35.2 Å². The molecule has 0 spiro atoms. The summed E-state index contributed by atoms with van der Waals surface area (Å²) in [6.07, 6.45) is 5.02. The third kappa shape index (κ3) is 3.22. The Morgan fingerprint density at radius 1 is 1.56 bits per heavy atom. The minimum absolute atomic E-state index is 0.129. The van der Waals surface area contributed by atoms with Crippen molar-refractivity contribution in [2.75, 3.05) is 5.32 Å². The predicted octanol–water partition coefficient (Wildman–Crippen LogP) is 4.35. The molecule has 98 valence electrons. The zero-order valence-corrected chi connectivity index (χ0v) is 11.9. The van der Waals surface area contributed by atoms with E-state index in [0.29, 0.717) is 5.69 Å². The van der Waals surface area contributed by atoms with Gasteiger partial charge >= 0.3 is 0 Å². The summed E-state index contributed by atoms with van der Waals surface area (Å²) in [4.78, 5) is 10.6. The summed E-state index contributed by atoms with van der Waals surface area (Å²) in [5.41, 5.74) is 0.736. The van der Waals surface area contributed by atoms with Crippen LogP contribution in [0.5, 0.6) is 0 Å². The van der Waals surface area contributed by atoms with Crippen molar-refractivity contribution in [2.24, 2.45) is 5.92 Å². The lowest BCUT2D eigenvalue weighted by Crippen LogP contribution is -2.23. The first-order chi connectivity index (χ1) is 8.56. The van der Waals surface area contributed by atoms with Crippen LogP contribution in [0.1, 0.15) is 32.6 Å². The van der Waals surface area contributed by atoms with Crippen LogP contribution in [0, 0.1) is 16.0 Å². The van der Waals surface area contributed by atoms with E-state index in [-0.39, 0.29) is 16.7 Å². The molecule has 1 atom stereocenters. The Balaban J connectivity index is 2.05. The molecule has 1 N–H and O–H groups in total. The molecule has 0 aliphatic heterocycles. The summed E-state index contributed by atoms with van der Waals surface area (Å²) < 4.78 is 0.728. The third-order valence-corrected chi connectivity index (χ3v) is 3.96. The highest BCUT2D eigenvalue weighted by atomic mass is 79.9. The number of benzene rings is 1. The van der Waals surface area contributed by atoms with Gasteiger partial charge < -0.3 is 5.32 Å². The van der Waals surface area contributed by atoms with Crippen LogP contribution in [-0.4, -0.2) is 11.0 Å². The molecule has 1 fully saturated rings. The molecular weight excluding hydrogens is 296 g/mol. The molecule has 0 radical (unpaired) electrons. The van der Waals surface area contributed by atoms with Crippen molar-refractivity contribution in [3.63, 3.8) is 0 Å². The second kappa shape index (κ2) is 5.69. The Morgan fingerprint density at radius 3 is 2.83 bits per heavy atom. The molecule has 1 aromatic carbocycles. The van der Waals surface area contributed by atoms with Crippen LogP contribution < -0.4 is 5.32 Å². The minimum atomic E-state index is -0.344. The number of hydrogen-bond donors (Lipinski definition) is 1. The number of rotatable bonds is 5. The molecule has 5 heteroatoms. The van der Waals surface area contributed by atoms with Gasteiger partial charge in [0, 0.05) is 16.6 Å². The fraction of sp³-hybridized carbons (Fsp3) is 0.538.